The molecule has 0 amide bonds. The second-order valence-electron chi connectivity index (χ2n) is 6.17. The summed E-state index contributed by atoms with van der Waals surface area (Å²) in [6, 6.07) is 8.93. The molecule has 19 heavy (non-hydrogen) atoms. The molecular weight excluding hydrogens is 238 g/mol. The number of benzene rings is 1. The molecule has 1 aliphatic heterocycles. The number of carbonyl (C=O) groups is 1. The van der Waals surface area contributed by atoms with Crippen molar-refractivity contribution in [3.8, 4) is 0 Å². The van der Waals surface area contributed by atoms with Crippen molar-refractivity contribution in [1.82, 2.24) is 4.90 Å². The summed E-state index contributed by atoms with van der Waals surface area (Å²) < 4.78 is 0. The van der Waals surface area contributed by atoms with Crippen molar-refractivity contribution in [2.45, 2.75) is 37.6 Å². The van der Waals surface area contributed by atoms with Gasteiger partial charge in [0.25, 0.3) is 0 Å². The Morgan fingerprint density at radius 2 is 2.21 bits per heavy atom. The number of carboxylic acid groups (broad SMARTS) is 1. The van der Waals surface area contributed by atoms with Crippen molar-refractivity contribution in [2.75, 3.05) is 13.6 Å². The Morgan fingerprint density at radius 1 is 1.47 bits per heavy atom. The molecule has 1 saturated heterocycles. The van der Waals surface area contributed by atoms with Gasteiger partial charge < -0.3 is 10.0 Å². The Kier molecular flexibility index (Phi) is 2.90. The number of likely N-dealkylation sites (N-methyl/N-ethyl adjacent to an activating group) is 1. The molecule has 1 aromatic rings. The Morgan fingerprint density at radius 3 is 2.95 bits per heavy atom. The van der Waals surface area contributed by atoms with Crippen LogP contribution in [-0.2, 0) is 16.6 Å². The van der Waals surface area contributed by atoms with Crippen LogP contribution in [-0.4, -0.2) is 35.6 Å². The number of hydrogen-bond donors (Lipinski definition) is 1. The van der Waals surface area contributed by atoms with Crippen LogP contribution in [0.15, 0.2) is 24.3 Å². The minimum atomic E-state index is -0.667. The summed E-state index contributed by atoms with van der Waals surface area (Å²) >= 11 is 0. The molecule has 3 atom stereocenters. The second-order valence-corrected chi connectivity index (χ2v) is 6.17. The SMILES string of the molecule is CC(C(=O)O)C12CCN(C)C(Cc3ccccc31)C2. The lowest BCUT2D eigenvalue weighted by Gasteiger charge is -2.52. The maximum absolute atomic E-state index is 11.6. The molecule has 0 radical (unpaired) electrons. The van der Waals surface area contributed by atoms with Crippen molar-refractivity contribution in [2.24, 2.45) is 5.92 Å². The van der Waals surface area contributed by atoms with Gasteiger partial charge in [-0.25, -0.2) is 0 Å². The zero-order valence-electron chi connectivity index (χ0n) is 11.6. The molecule has 1 aromatic carbocycles. The third-order valence-corrected chi connectivity index (χ3v) is 5.34. The van der Waals surface area contributed by atoms with Gasteiger partial charge in [0, 0.05) is 11.5 Å². The molecule has 0 spiro atoms. The predicted octanol–water partition coefficient (Wildman–Crippen LogP) is 2.30. The minimum Gasteiger partial charge on any atom is -0.481 e. The largest absolute Gasteiger partial charge is 0.481 e. The topological polar surface area (TPSA) is 40.5 Å². The van der Waals surface area contributed by atoms with E-state index in [0.717, 1.165) is 25.8 Å². The van der Waals surface area contributed by atoms with E-state index in [1.165, 1.54) is 11.1 Å². The van der Waals surface area contributed by atoms with E-state index in [4.69, 9.17) is 0 Å². The zero-order chi connectivity index (χ0) is 13.6. The van der Waals surface area contributed by atoms with Gasteiger partial charge in [-0.05, 0) is 44.0 Å². The third-order valence-electron chi connectivity index (χ3n) is 5.34. The number of aliphatic carboxylic acids is 1. The number of nitrogens with zero attached hydrogens (tertiary/aromatic N) is 1. The van der Waals surface area contributed by atoms with Gasteiger partial charge in [-0.3, -0.25) is 4.79 Å². The lowest BCUT2D eigenvalue weighted by atomic mass is 9.58. The van der Waals surface area contributed by atoms with Crippen molar-refractivity contribution in [1.29, 1.82) is 0 Å². The fourth-order valence-corrected chi connectivity index (χ4v) is 4.01. The van der Waals surface area contributed by atoms with Crippen LogP contribution in [0, 0.1) is 5.92 Å². The van der Waals surface area contributed by atoms with Crippen molar-refractivity contribution in [3.05, 3.63) is 35.4 Å². The Balaban J connectivity index is 2.13. The van der Waals surface area contributed by atoms with E-state index in [9.17, 15) is 9.90 Å². The van der Waals surface area contributed by atoms with Crippen LogP contribution >= 0.6 is 0 Å². The smallest absolute Gasteiger partial charge is 0.307 e. The molecule has 1 N–H and O–H groups in total. The first-order valence-corrected chi connectivity index (χ1v) is 7.06. The van der Waals surface area contributed by atoms with Crippen molar-refractivity contribution < 1.29 is 9.90 Å². The van der Waals surface area contributed by atoms with Crippen LogP contribution in [0.4, 0.5) is 0 Å². The van der Waals surface area contributed by atoms with E-state index in [-0.39, 0.29) is 11.3 Å². The first-order chi connectivity index (χ1) is 9.04. The van der Waals surface area contributed by atoms with Gasteiger partial charge in [0.1, 0.15) is 0 Å². The molecule has 0 saturated carbocycles. The summed E-state index contributed by atoms with van der Waals surface area (Å²) in [7, 11) is 2.16. The standard InChI is InChI=1S/C16H21NO2/c1-11(15(18)19)16-7-8-17(2)13(10-16)9-12-5-3-4-6-14(12)16/h3-6,11,13H,7-10H2,1-2H3,(H,18,19). The van der Waals surface area contributed by atoms with Crippen LogP contribution < -0.4 is 0 Å². The highest BCUT2D eigenvalue weighted by atomic mass is 16.4. The van der Waals surface area contributed by atoms with Gasteiger partial charge >= 0.3 is 5.97 Å². The minimum absolute atomic E-state index is 0.169. The van der Waals surface area contributed by atoms with Crippen LogP contribution in [0.3, 0.4) is 0 Å². The van der Waals surface area contributed by atoms with Crippen LogP contribution in [0.1, 0.15) is 30.9 Å². The lowest BCUT2D eigenvalue weighted by Crippen LogP contribution is -2.55. The van der Waals surface area contributed by atoms with E-state index >= 15 is 0 Å². The first-order valence-electron chi connectivity index (χ1n) is 7.06. The van der Waals surface area contributed by atoms with Crippen molar-refractivity contribution in [3.63, 3.8) is 0 Å². The Hall–Kier alpha value is -1.35. The molecule has 1 fully saturated rings. The Bertz CT molecular complexity index is 513. The summed E-state index contributed by atoms with van der Waals surface area (Å²) in [6.07, 6.45) is 2.99. The number of likely N-dealkylation sites (tertiary alicyclic amines) is 1. The van der Waals surface area contributed by atoms with Gasteiger partial charge in [0.15, 0.2) is 0 Å². The molecular formula is C16H21NO2. The van der Waals surface area contributed by atoms with E-state index in [1.54, 1.807) is 0 Å². The lowest BCUT2D eigenvalue weighted by molar-refractivity contribution is -0.145. The highest BCUT2D eigenvalue weighted by Crippen LogP contribution is 2.49. The molecule has 0 aromatic heterocycles. The summed E-state index contributed by atoms with van der Waals surface area (Å²) in [4.78, 5) is 14.0. The average molecular weight is 259 g/mol. The zero-order valence-corrected chi connectivity index (χ0v) is 11.6. The number of hydrogen-bond acceptors (Lipinski definition) is 2. The van der Waals surface area contributed by atoms with Crippen LogP contribution in [0.2, 0.25) is 0 Å². The van der Waals surface area contributed by atoms with E-state index < -0.39 is 5.97 Å². The molecule has 3 heteroatoms. The average Bonchev–Trinajstić information content (AvgIpc) is 2.42. The van der Waals surface area contributed by atoms with Gasteiger partial charge in [-0.15, -0.1) is 0 Å². The van der Waals surface area contributed by atoms with Gasteiger partial charge in [0.2, 0.25) is 0 Å². The number of piperidine rings is 1. The summed E-state index contributed by atoms with van der Waals surface area (Å²) in [6.45, 7) is 2.88. The fourth-order valence-electron chi connectivity index (χ4n) is 4.01. The molecule has 2 bridgehead atoms. The number of fused-ring (bicyclic) bond motifs is 4. The van der Waals surface area contributed by atoms with Gasteiger partial charge in [0.05, 0.1) is 5.92 Å². The molecule has 102 valence electrons. The molecule has 3 rings (SSSR count). The summed E-state index contributed by atoms with van der Waals surface area (Å²) in [5.41, 5.74) is 2.46. The van der Waals surface area contributed by atoms with Gasteiger partial charge in [-0.1, -0.05) is 31.2 Å². The number of carboxylic acids is 1. The first kappa shape index (κ1) is 12.7. The summed E-state index contributed by atoms with van der Waals surface area (Å²) in [5, 5.41) is 9.52. The van der Waals surface area contributed by atoms with Gasteiger partial charge in [-0.2, -0.15) is 0 Å². The molecule has 3 unspecified atom stereocenters. The number of rotatable bonds is 2. The highest BCUT2D eigenvalue weighted by molar-refractivity contribution is 5.72. The highest BCUT2D eigenvalue weighted by Gasteiger charge is 2.50. The monoisotopic (exact) mass is 259 g/mol. The third kappa shape index (κ3) is 1.79. The maximum Gasteiger partial charge on any atom is 0.307 e. The molecule has 1 heterocycles. The maximum atomic E-state index is 11.6. The normalized spacial score (nSPS) is 31.6. The molecule has 3 nitrogen and oxygen atoms in total. The van der Waals surface area contributed by atoms with E-state index in [2.05, 4.69) is 30.1 Å². The second kappa shape index (κ2) is 4.34. The quantitative estimate of drug-likeness (QED) is 0.886. The predicted molar refractivity (Wildman–Crippen MR) is 74.3 cm³/mol. The Labute approximate surface area is 114 Å². The molecule has 2 aliphatic rings. The van der Waals surface area contributed by atoms with E-state index in [1.807, 2.05) is 13.0 Å². The fraction of sp³-hybridized carbons (Fsp3) is 0.562. The van der Waals surface area contributed by atoms with E-state index in [0.29, 0.717) is 6.04 Å². The molecule has 1 aliphatic carbocycles. The van der Waals surface area contributed by atoms with Crippen LogP contribution in [0.25, 0.3) is 0 Å². The summed E-state index contributed by atoms with van der Waals surface area (Å²) in [5.74, 6) is -0.981. The van der Waals surface area contributed by atoms with Crippen molar-refractivity contribution >= 4 is 5.97 Å². The van der Waals surface area contributed by atoms with Crippen LogP contribution in [0.5, 0.6) is 0 Å².